The molecule has 2 nitrogen and oxygen atoms in total. The third kappa shape index (κ3) is 3.40. The van der Waals surface area contributed by atoms with Crippen LogP contribution in [0.4, 0.5) is 0 Å². The van der Waals surface area contributed by atoms with Crippen LogP contribution in [0.2, 0.25) is 0 Å². The molecule has 0 fully saturated rings. The minimum absolute atomic E-state index is 0.474. The van der Waals surface area contributed by atoms with Crippen molar-refractivity contribution in [1.29, 1.82) is 0 Å². The monoisotopic (exact) mass is 269 g/mol. The molecule has 0 amide bonds. The summed E-state index contributed by atoms with van der Waals surface area (Å²) in [6.45, 7) is 7.32. The number of ether oxygens (including phenoxy) is 1. The molecule has 2 rings (SSSR count). The zero-order valence-electron chi connectivity index (χ0n) is 12.7. The second-order valence-corrected chi connectivity index (χ2v) is 5.40. The van der Waals surface area contributed by atoms with Crippen molar-refractivity contribution in [2.24, 2.45) is 0 Å². The molecule has 0 aliphatic rings. The van der Waals surface area contributed by atoms with Crippen LogP contribution in [0.25, 0.3) is 11.1 Å². The van der Waals surface area contributed by atoms with Gasteiger partial charge in [0.1, 0.15) is 5.75 Å². The van der Waals surface area contributed by atoms with Crippen molar-refractivity contribution in [3.63, 3.8) is 0 Å². The van der Waals surface area contributed by atoms with Crippen LogP contribution in [-0.4, -0.2) is 13.2 Å². The van der Waals surface area contributed by atoms with E-state index in [4.69, 9.17) is 4.74 Å². The summed E-state index contributed by atoms with van der Waals surface area (Å²) >= 11 is 0. The Morgan fingerprint density at radius 1 is 1.05 bits per heavy atom. The largest absolute Gasteiger partial charge is 0.496 e. The van der Waals surface area contributed by atoms with Crippen LogP contribution in [0.3, 0.4) is 0 Å². The molecule has 1 N–H and O–H groups in total. The molecule has 2 aromatic carbocycles. The highest BCUT2D eigenvalue weighted by atomic mass is 16.5. The Labute approximate surface area is 121 Å². The normalized spacial score (nSPS) is 10.8. The number of methoxy groups -OCH3 is 1. The SMILES string of the molecule is COc1ccccc1-c1cc(C)ccc1CNC(C)C. The molecule has 0 aliphatic carbocycles. The van der Waals surface area contributed by atoms with E-state index in [-0.39, 0.29) is 0 Å². The fourth-order valence-corrected chi connectivity index (χ4v) is 2.28. The van der Waals surface area contributed by atoms with Gasteiger partial charge >= 0.3 is 0 Å². The first kappa shape index (κ1) is 14.6. The van der Waals surface area contributed by atoms with E-state index < -0.39 is 0 Å². The van der Waals surface area contributed by atoms with Crippen molar-refractivity contribution < 1.29 is 4.74 Å². The van der Waals surface area contributed by atoms with Gasteiger partial charge in [0, 0.05) is 18.2 Å². The number of benzene rings is 2. The second-order valence-electron chi connectivity index (χ2n) is 5.40. The molecule has 2 heteroatoms. The molecule has 2 aromatic rings. The third-order valence-corrected chi connectivity index (χ3v) is 3.36. The van der Waals surface area contributed by atoms with Gasteiger partial charge in [-0.3, -0.25) is 0 Å². The Kier molecular flexibility index (Phi) is 4.80. The van der Waals surface area contributed by atoms with Crippen LogP contribution in [0.15, 0.2) is 42.5 Å². The Bertz CT molecular complexity index is 575. The van der Waals surface area contributed by atoms with Crippen molar-refractivity contribution in [2.75, 3.05) is 7.11 Å². The summed E-state index contributed by atoms with van der Waals surface area (Å²) in [7, 11) is 1.72. The van der Waals surface area contributed by atoms with Gasteiger partial charge in [-0.25, -0.2) is 0 Å². The quantitative estimate of drug-likeness (QED) is 0.879. The highest BCUT2D eigenvalue weighted by molar-refractivity contribution is 5.74. The van der Waals surface area contributed by atoms with E-state index in [2.05, 4.69) is 56.4 Å². The lowest BCUT2D eigenvalue weighted by Crippen LogP contribution is -2.22. The standard InChI is InChI=1S/C18H23NO/c1-13(2)19-12-15-10-9-14(3)11-17(15)16-7-5-6-8-18(16)20-4/h5-11,13,19H,12H2,1-4H3. The van der Waals surface area contributed by atoms with Gasteiger partial charge < -0.3 is 10.1 Å². The number of hydrogen-bond acceptors (Lipinski definition) is 2. The zero-order chi connectivity index (χ0) is 14.5. The first-order chi connectivity index (χ1) is 9.61. The molecular weight excluding hydrogens is 246 g/mol. The molecule has 0 unspecified atom stereocenters. The van der Waals surface area contributed by atoms with Crippen molar-refractivity contribution in [3.8, 4) is 16.9 Å². The summed E-state index contributed by atoms with van der Waals surface area (Å²) in [6, 6.07) is 15.3. The molecule has 0 heterocycles. The fourth-order valence-electron chi connectivity index (χ4n) is 2.28. The van der Waals surface area contributed by atoms with Crippen LogP contribution in [0, 0.1) is 6.92 Å². The van der Waals surface area contributed by atoms with Crippen molar-refractivity contribution >= 4 is 0 Å². The predicted molar refractivity (Wildman–Crippen MR) is 85.1 cm³/mol. The Morgan fingerprint density at radius 3 is 2.50 bits per heavy atom. The molecule has 0 aliphatic heterocycles. The van der Waals surface area contributed by atoms with Crippen molar-refractivity contribution in [3.05, 3.63) is 53.6 Å². The number of aryl methyl sites for hydroxylation is 1. The average molecular weight is 269 g/mol. The smallest absolute Gasteiger partial charge is 0.126 e. The van der Waals surface area contributed by atoms with E-state index in [1.54, 1.807) is 7.11 Å². The topological polar surface area (TPSA) is 21.3 Å². The molecule has 0 atom stereocenters. The van der Waals surface area contributed by atoms with Gasteiger partial charge in [-0.05, 0) is 24.1 Å². The highest BCUT2D eigenvalue weighted by Gasteiger charge is 2.10. The Hall–Kier alpha value is -1.80. The first-order valence-corrected chi connectivity index (χ1v) is 7.08. The van der Waals surface area contributed by atoms with Gasteiger partial charge in [-0.15, -0.1) is 0 Å². The number of nitrogens with one attached hydrogen (secondary N) is 1. The maximum Gasteiger partial charge on any atom is 0.126 e. The van der Waals surface area contributed by atoms with Gasteiger partial charge in [-0.2, -0.15) is 0 Å². The van der Waals surface area contributed by atoms with Gasteiger partial charge in [0.15, 0.2) is 0 Å². The second kappa shape index (κ2) is 6.58. The van der Waals surface area contributed by atoms with Crippen LogP contribution in [0.5, 0.6) is 5.75 Å². The molecular formula is C18H23NO. The van der Waals surface area contributed by atoms with Gasteiger partial charge in [0.25, 0.3) is 0 Å². The molecule has 0 bridgehead atoms. The van der Waals surface area contributed by atoms with E-state index in [0.29, 0.717) is 6.04 Å². The molecule has 20 heavy (non-hydrogen) atoms. The maximum absolute atomic E-state index is 5.50. The third-order valence-electron chi connectivity index (χ3n) is 3.36. The van der Waals surface area contributed by atoms with Crippen LogP contribution < -0.4 is 10.1 Å². The molecule has 0 saturated carbocycles. The minimum Gasteiger partial charge on any atom is -0.496 e. The van der Waals surface area contributed by atoms with E-state index in [9.17, 15) is 0 Å². The van der Waals surface area contributed by atoms with Gasteiger partial charge in [-0.1, -0.05) is 55.8 Å². The van der Waals surface area contributed by atoms with Crippen LogP contribution >= 0.6 is 0 Å². The Morgan fingerprint density at radius 2 is 1.80 bits per heavy atom. The lowest BCUT2D eigenvalue weighted by atomic mass is 9.96. The fraction of sp³-hybridized carbons (Fsp3) is 0.333. The molecule has 0 radical (unpaired) electrons. The van der Waals surface area contributed by atoms with Gasteiger partial charge in [0.05, 0.1) is 7.11 Å². The van der Waals surface area contributed by atoms with E-state index in [1.807, 2.05) is 12.1 Å². The van der Waals surface area contributed by atoms with Gasteiger partial charge in [0.2, 0.25) is 0 Å². The van der Waals surface area contributed by atoms with E-state index >= 15 is 0 Å². The maximum atomic E-state index is 5.50. The summed E-state index contributed by atoms with van der Waals surface area (Å²) in [5.74, 6) is 0.920. The Balaban J connectivity index is 2.45. The van der Waals surface area contributed by atoms with E-state index in [0.717, 1.165) is 17.9 Å². The van der Waals surface area contributed by atoms with Crippen molar-refractivity contribution in [2.45, 2.75) is 33.4 Å². The summed E-state index contributed by atoms with van der Waals surface area (Å²) in [5.41, 5.74) is 4.96. The molecule has 0 spiro atoms. The zero-order valence-corrected chi connectivity index (χ0v) is 12.7. The molecule has 0 saturated heterocycles. The van der Waals surface area contributed by atoms with Crippen LogP contribution in [-0.2, 0) is 6.54 Å². The highest BCUT2D eigenvalue weighted by Crippen LogP contribution is 2.32. The minimum atomic E-state index is 0.474. The summed E-state index contributed by atoms with van der Waals surface area (Å²) in [6.07, 6.45) is 0. The predicted octanol–water partition coefficient (Wildman–Crippen LogP) is 4.17. The van der Waals surface area contributed by atoms with Crippen LogP contribution in [0.1, 0.15) is 25.0 Å². The number of rotatable bonds is 5. The molecule has 0 aromatic heterocycles. The summed E-state index contributed by atoms with van der Waals surface area (Å²) < 4.78 is 5.50. The van der Waals surface area contributed by atoms with E-state index in [1.165, 1.54) is 16.7 Å². The first-order valence-electron chi connectivity index (χ1n) is 7.08. The van der Waals surface area contributed by atoms with Crippen molar-refractivity contribution in [1.82, 2.24) is 5.32 Å². The summed E-state index contributed by atoms with van der Waals surface area (Å²) in [4.78, 5) is 0. The molecule has 106 valence electrons. The average Bonchev–Trinajstić information content (AvgIpc) is 2.45. The lowest BCUT2D eigenvalue weighted by Gasteiger charge is -2.16. The summed E-state index contributed by atoms with van der Waals surface area (Å²) in [5, 5.41) is 3.49. The lowest BCUT2D eigenvalue weighted by molar-refractivity contribution is 0.416. The number of para-hydroxylation sites is 1. The number of hydrogen-bond donors (Lipinski definition) is 1.